The molecule has 0 radical (unpaired) electrons. The fourth-order valence-electron chi connectivity index (χ4n) is 5.07. The first kappa shape index (κ1) is 36.2. The molecule has 0 atom stereocenters. The zero-order valence-corrected chi connectivity index (χ0v) is 25.7. The van der Waals surface area contributed by atoms with E-state index in [9.17, 15) is 4.79 Å². The van der Waals surface area contributed by atoms with Gasteiger partial charge in [0.1, 0.15) is 0 Å². The van der Waals surface area contributed by atoms with E-state index < -0.39 is 0 Å². The van der Waals surface area contributed by atoms with E-state index in [2.05, 4.69) is 26.0 Å². The highest BCUT2D eigenvalue weighted by Crippen LogP contribution is 2.14. The number of allylic oxidation sites excluding steroid dienone is 2. The van der Waals surface area contributed by atoms with E-state index >= 15 is 0 Å². The zero-order valence-electron chi connectivity index (χ0n) is 25.7. The van der Waals surface area contributed by atoms with Crippen LogP contribution in [0.3, 0.4) is 0 Å². The van der Waals surface area contributed by atoms with Crippen molar-refractivity contribution in [2.24, 2.45) is 0 Å². The van der Waals surface area contributed by atoms with Crippen LogP contribution < -0.4 is 0 Å². The molecule has 0 saturated heterocycles. The Labute approximate surface area is 234 Å². The third-order valence-corrected chi connectivity index (χ3v) is 7.65. The number of esters is 1. The number of unbranched alkanes of at least 4 members (excludes halogenated alkanes) is 25. The molecule has 0 rings (SSSR count). The number of hydrogen-bond donors (Lipinski definition) is 0. The Balaban J connectivity index is 3.18. The molecule has 0 spiro atoms. The average Bonchev–Trinajstić information content (AvgIpc) is 2.90. The van der Waals surface area contributed by atoms with Crippen molar-refractivity contribution in [3.8, 4) is 0 Å². The minimum absolute atomic E-state index is 0.0201. The summed E-state index contributed by atoms with van der Waals surface area (Å²) in [7, 11) is 0. The molecule has 0 aromatic heterocycles. The van der Waals surface area contributed by atoms with Crippen molar-refractivity contribution in [2.45, 2.75) is 200 Å². The fourth-order valence-corrected chi connectivity index (χ4v) is 5.07. The lowest BCUT2D eigenvalue weighted by Gasteiger charge is -2.05. The van der Waals surface area contributed by atoms with Crippen LogP contribution in [0.25, 0.3) is 0 Å². The third kappa shape index (κ3) is 33.2. The second-order valence-corrected chi connectivity index (χ2v) is 11.5. The van der Waals surface area contributed by atoms with E-state index in [1.807, 2.05) is 0 Å². The number of carbonyl (C=O) groups is 1. The van der Waals surface area contributed by atoms with Crippen molar-refractivity contribution in [1.82, 2.24) is 0 Å². The number of hydrogen-bond acceptors (Lipinski definition) is 2. The van der Waals surface area contributed by atoms with Crippen LogP contribution in [-0.2, 0) is 9.53 Å². The maximum Gasteiger partial charge on any atom is 0.305 e. The van der Waals surface area contributed by atoms with Crippen molar-refractivity contribution >= 4 is 5.97 Å². The minimum atomic E-state index is 0.0201. The van der Waals surface area contributed by atoms with Crippen LogP contribution in [0.5, 0.6) is 0 Å². The molecular weight excluding hydrogens is 452 g/mol. The Bertz CT molecular complexity index is 456. The number of ether oxygens (including phenoxy) is 1. The first-order valence-corrected chi connectivity index (χ1v) is 17.1. The van der Waals surface area contributed by atoms with Gasteiger partial charge in [0.05, 0.1) is 6.61 Å². The van der Waals surface area contributed by atoms with E-state index in [4.69, 9.17) is 4.74 Å². The molecule has 0 fully saturated rings. The largest absolute Gasteiger partial charge is 0.466 e. The van der Waals surface area contributed by atoms with Crippen LogP contribution in [-0.4, -0.2) is 12.6 Å². The molecule has 220 valence electrons. The molecule has 37 heavy (non-hydrogen) atoms. The topological polar surface area (TPSA) is 26.3 Å². The molecule has 0 N–H and O–H groups in total. The third-order valence-electron chi connectivity index (χ3n) is 7.65. The standard InChI is InChI=1S/C35H68O2/c1-3-5-7-9-11-13-15-17-19-20-22-24-26-28-30-32-34-37-35(36)33-31-29-27-25-23-21-18-16-14-12-10-8-6-4-2/h17,19H,3-16,18,20-34H2,1-2H3/b19-17-. The average molecular weight is 521 g/mol. The summed E-state index contributed by atoms with van der Waals surface area (Å²) >= 11 is 0. The highest BCUT2D eigenvalue weighted by atomic mass is 16.5. The molecule has 0 aliphatic heterocycles. The number of rotatable bonds is 31. The molecule has 0 heterocycles. The Morgan fingerprint density at radius 2 is 0.757 bits per heavy atom. The fraction of sp³-hybridized carbons (Fsp3) is 0.914. The van der Waals surface area contributed by atoms with E-state index in [1.165, 1.54) is 167 Å². The molecule has 2 heteroatoms. The molecule has 0 amide bonds. The summed E-state index contributed by atoms with van der Waals surface area (Å²) in [6.07, 6.45) is 42.6. The summed E-state index contributed by atoms with van der Waals surface area (Å²) in [6.45, 7) is 5.19. The SMILES string of the molecule is CCCCCCCC/C=C\CCCCCCCCOC(=O)CCCCCCCCCCCCCCCC. The van der Waals surface area contributed by atoms with Gasteiger partial charge in [-0.1, -0.05) is 167 Å². The molecule has 0 aromatic rings. The second-order valence-electron chi connectivity index (χ2n) is 11.5. The van der Waals surface area contributed by atoms with Crippen molar-refractivity contribution in [2.75, 3.05) is 6.61 Å². The van der Waals surface area contributed by atoms with Crippen molar-refractivity contribution in [1.29, 1.82) is 0 Å². The highest BCUT2D eigenvalue weighted by molar-refractivity contribution is 5.69. The predicted molar refractivity (Wildman–Crippen MR) is 165 cm³/mol. The highest BCUT2D eigenvalue weighted by Gasteiger charge is 2.02. The summed E-state index contributed by atoms with van der Waals surface area (Å²) in [4.78, 5) is 11.9. The van der Waals surface area contributed by atoms with Crippen molar-refractivity contribution in [3.05, 3.63) is 12.2 Å². The van der Waals surface area contributed by atoms with Crippen LogP contribution in [0.4, 0.5) is 0 Å². The van der Waals surface area contributed by atoms with Gasteiger partial charge in [-0.15, -0.1) is 0 Å². The maximum absolute atomic E-state index is 11.9. The molecular formula is C35H68O2. The predicted octanol–water partition coefficient (Wildman–Crippen LogP) is 12.4. The summed E-state index contributed by atoms with van der Waals surface area (Å²) in [5.74, 6) is 0.0201. The first-order chi connectivity index (χ1) is 18.3. The van der Waals surface area contributed by atoms with E-state index in [0.29, 0.717) is 13.0 Å². The smallest absolute Gasteiger partial charge is 0.305 e. The van der Waals surface area contributed by atoms with Gasteiger partial charge in [0.15, 0.2) is 0 Å². The van der Waals surface area contributed by atoms with Gasteiger partial charge < -0.3 is 4.74 Å². The Kier molecular flexibility index (Phi) is 32.5. The Morgan fingerprint density at radius 1 is 0.432 bits per heavy atom. The quantitative estimate of drug-likeness (QED) is 0.0516. The van der Waals surface area contributed by atoms with Gasteiger partial charge >= 0.3 is 5.97 Å². The molecule has 2 nitrogen and oxygen atoms in total. The number of carbonyl (C=O) groups excluding carboxylic acids is 1. The minimum Gasteiger partial charge on any atom is -0.466 e. The van der Waals surface area contributed by atoms with E-state index in [0.717, 1.165) is 12.8 Å². The summed E-state index contributed by atoms with van der Waals surface area (Å²) in [5, 5.41) is 0. The van der Waals surface area contributed by atoms with Crippen LogP contribution in [0.15, 0.2) is 12.2 Å². The lowest BCUT2D eigenvalue weighted by Crippen LogP contribution is -2.05. The maximum atomic E-state index is 11.9. The van der Waals surface area contributed by atoms with Crippen LogP contribution in [0.1, 0.15) is 200 Å². The van der Waals surface area contributed by atoms with Gasteiger partial charge in [-0.05, 0) is 38.5 Å². The van der Waals surface area contributed by atoms with Crippen molar-refractivity contribution < 1.29 is 9.53 Å². The van der Waals surface area contributed by atoms with Gasteiger partial charge in [0.25, 0.3) is 0 Å². The Hall–Kier alpha value is -0.790. The summed E-state index contributed by atoms with van der Waals surface area (Å²) in [5.41, 5.74) is 0. The summed E-state index contributed by atoms with van der Waals surface area (Å²) < 4.78 is 5.43. The van der Waals surface area contributed by atoms with Crippen LogP contribution >= 0.6 is 0 Å². The summed E-state index contributed by atoms with van der Waals surface area (Å²) in [6, 6.07) is 0. The van der Waals surface area contributed by atoms with Crippen LogP contribution in [0.2, 0.25) is 0 Å². The van der Waals surface area contributed by atoms with Gasteiger partial charge in [-0.25, -0.2) is 0 Å². The molecule has 0 aliphatic rings. The van der Waals surface area contributed by atoms with Crippen molar-refractivity contribution in [3.63, 3.8) is 0 Å². The lowest BCUT2D eigenvalue weighted by atomic mass is 10.0. The van der Waals surface area contributed by atoms with Gasteiger partial charge in [-0.2, -0.15) is 0 Å². The van der Waals surface area contributed by atoms with Gasteiger partial charge in [0.2, 0.25) is 0 Å². The molecule has 0 unspecified atom stereocenters. The zero-order chi connectivity index (χ0) is 26.9. The van der Waals surface area contributed by atoms with E-state index in [1.54, 1.807) is 0 Å². The van der Waals surface area contributed by atoms with Gasteiger partial charge in [0, 0.05) is 6.42 Å². The first-order valence-electron chi connectivity index (χ1n) is 17.1. The normalized spacial score (nSPS) is 11.5. The molecule has 0 aromatic carbocycles. The van der Waals surface area contributed by atoms with Gasteiger partial charge in [-0.3, -0.25) is 4.79 Å². The Morgan fingerprint density at radius 3 is 1.16 bits per heavy atom. The molecule has 0 bridgehead atoms. The molecule has 0 aliphatic carbocycles. The van der Waals surface area contributed by atoms with Crippen LogP contribution in [0, 0.1) is 0 Å². The monoisotopic (exact) mass is 521 g/mol. The van der Waals surface area contributed by atoms with E-state index in [-0.39, 0.29) is 5.97 Å². The molecule has 0 saturated carbocycles. The second kappa shape index (κ2) is 33.2. The lowest BCUT2D eigenvalue weighted by molar-refractivity contribution is -0.143.